The number of nitro groups is 1. The Morgan fingerprint density at radius 3 is 2.73 bits per heavy atom. The third-order valence-electron chi connectivity index (χ3n) is 4.29. The summed E-state index contributed by atoms with van der Waals surface area (Å²) < 4.78 is 13.6. The normalized spacial score (nSPS) is 12.3. The number of rotatable bonds is 6. The Labute approximate surface area is 150 Å². The van der Waals surface area contributed by atoms with Gasteiger partial charge in [0.25, 0.3) is 5.69 Å². The molecule has 2 aromatic carbocycles. The number of fused-ring (bicyclic) bond motifs is 1. The maximum atomic E-state index is 13.6. The van der Waals surface area contributed by atoms with E-state index >= 15 is 0 Å². The van der Waals surface area contributed by atoms with Crippen LogP contribution in [-0.4, -0.2) is 35.4 Å². The van der Waals surface area contributed by atoms with Gasteiger partial charge in [-0.3, -0.25) is 15.1 Å². The average Bonchev–Trinajstić information content (AvgIpc) is 2.61. The molecule has 0 spiro atoms. The molecule has 1 unspecified atom stereocenters. The minimum atomic E-state index is -0.414. The molecule has 1 N–H and O–H groups in total. The molecule has 0 aliphatic heterocycles. The molecule has 0 saturated heterocycles. The molecule has 0 fully saturated rings. The summed E-state index contributed by atoms with van der Waals surface area (Å²) >= 11 is 0. The summed E-state index contributed by atoms with van der Waals surface area (Å²) in [7, 11) is 3.84. The quantitative estimate of drug-likeness (QED) is 0.535. The van der Waals surface area contributed by atoms with Gasteiger partial charge in [0, 0.05) is 18.8 Å². The number of nitrogens with zero attached hydrogens (tertiary/aromatic N) is 3. The zero-order chi connectivity index (χ0) is 18.7. The first-order chi connectivity index (χ1) is 12.5. The maximum Gasteiger partial charge on any atom is 0.278 e. The van der Waals surface area contributed by atoms with Gasteiger partial charge in [0.05, 0.1) is 22.0 Å². The van der Waals surface area contributed by atoms with Crippen LogP contribution in [0, 0.1) is 15.9 Å². The number of anilines is 1. The van der Waals surface area contributed by atoms with Gasteiger partial charge < -0.3 is 10.2 Å². The maximum absolute atomic E-state index is 13.6. The number of nitrogens with one attached hydrogen (secondary N) is 1. The molecule has 6 nitrogen and oxygen atoms in total. The predicted octanol–water partition coefficient (Wildman–Crippen LogP) is 4.00. The minimum Gasteiger partial charge on any atom is -0.381 e. The smallest absolute Gasteiger partial charge is 0.278 e. The Balaban J connectivity index is 1.91. The van der Waals surface area contributed by atoms with E-state index in [1.807, 2.05) is 25.1 Å². The van der Waals surface area contributed by atoms with Crippen molar-refractivity contribution in [3.63, 3.8) is 0 Å². The molecule has 0 saturated carbocycles. The highest BCUT2D eigenvalue weighted by Crippen LogP contribution is 2.30. The summed E-state index contributed by atoms with van der Waals surface area (Å²) in [6, 6.07) is 12.9. The van der Waals surface area contributed by atoms with Crippen LogP contribution in [0.4, 0.5) is 15.8 Å². The summed E-state index contributed by atoms with van der Waals surface area (Å²) in [5.74, 6) is -0.281. The molecule has 0 radical (unpaired) electrons. The number of hydrogen-bond acceptors (Lipinski definition) is 5. The molecule has 3 aromatic rings. The van der Waals surface area contributed by atoms with Crippen molar-refractivity contribution < 1.29 is 9.31 Å². The molecule has 0 bridgehead atoms. The Kier molecular flexibility index (Phi) is 5.09. The van der Waals surface area contributed by atoms with E-state index in [4.69, 9.17) is 0 Å². The highest BCUT2D eigenvalue weighted by Gasteiger charge is 2.18. The Bertz CT molecular complexity index is 946. The molecule has 3 rings (SSSR count). The topological polar surface area (TPSA) is 71.3 Å². The lowest BCUT2D eigenvalue weighted by molar-refractivity contribution is -0.383. The number of hydrogen-bond donors (Lipinski definition) is 1. The minimum absolute atomic E-state index is 0.0212. The molecule has 0 amide bonds. The van der Waals surface area contributed by atoms with Crippen LogP contribution in [0.2, 0.25) is 0 Å². The summed E-state index contributed by atoms with van der Waals surface area (Å²) in [4.78, 5) is 17.1. The Morgan fingerprint density at radius 1 is 1.23 bits per heavy atom. The van der Waals surface area contributed by atoms with Crippen LogP contribution in [0.15, 0.2) is 54.7 Å². The third-order valence-corrected chi connectivity index (χ3v) is 4.29. The zero-order valence-corrected chi connectivity index (χ0v) is 14.5. The summed E-state index contributed by atoms with van der Waals surface area (Å²) in [5.41, 5.74) is 2.11. The van der Waals surface area contributed by atoms with Crippen LogP contribution >= 0.6 is 0 Å². The number of benzene rings is 2. The molecule has 134 valence electrons. The largest absolute Gasteiger partial charge is 0.381 e. The van der Waals surface area contributed by atoms with Gasteiger partial charge in [-0.1, -0.05) is 12.1 Å². The molecular formula is C19H19FN4O2. The lowest BCUT2D eigenvalue weighted by atomic mass is 10.1. The summed E-state index contributed by atoms with van der Waals surface area (Å²) in [6.07, 6.45) is 1.60. The first kappa shape index (κ1) is 17.8. The van der Waals surface area contributed by atoms with Crippen molar-refractivity contribution in [2.75, 3.05) is 26.0 Å². The number of halogens is 1. The van der Waals surface area contributed by atoms with Gasteiger partial charge in [-0.15, -0.1) is 0 Å². The first-order valence-electron chi connectivity index (χ1n) is 8.15. The number of non-ortho nitro benzene ring substituents is 1. The van der Waals surface area contributed by atoms with Gasteiger partial charge in [-0.05, 0) is 50.0 Å². The van der Waals surface area contributed by atoms with Gasteiger partial charge in [0.15, 0.2) is 0 Å². The van der Waals surface area contributed by atoms with Crippen molar-refractivity contribution in [1.82, 2.24) is 9.88 Å². The van der Waals surface area contributed by atoms with Crippen molar-refractivity contribution >= 4 is 22.3 Å². The number of pyridine rings is 1. The van der Waals surface area contributed by atoms with Gasteiger partial charge in [-0.2, -0.15) is 0 Å². The molecule has 0 aliphatic rings. The van der Waals surface area contributed by atoms with Gasteiger partial charge >= 0.3 is 0 Å². The average molecular weight is 354 g/mol. The SMILES string of the molecule is CN(C)C(CNc1ccc([N+](=O)[O-])c2cccnc12)c1cccc(F)c1. The lowest BCUT2D eigenvalue weighted by Crippen LogP contribution is -2.27. The predicted molar refractivity (Wildman–Crippen MR) is 99.7 cm³/mol. The van der Waals surface area contributed by atoms with Crippen LogP contribution in [-0.2, 0) is 0 Å². The lowest BCUT2D eigenvalue weighted by Gasteiger charge is -2.25. The van der Waals surface area contributed by atoms with Crippen molar-refractivity contribution in [2.45, 2.75) is 6.04 Å². The second kappa shape index (κ2) is 7.45. The number of nitro benzene ring substituents is 1. The molecule has 26 heavy (non-hydrogen) atoms. The standard InChI is InChI=1S/C19H19FN4O2/c1-23(2)18(13-5-3-6-14(20)11-13)12-22-16-8-9-17(24(25)26)15-7-4-10-21-19(15)16/h3-11,18,22H,12H2,1-2H3. The van der Waals surface area contributed by atoms with Gasteiger partial charge in [-0.25, -0.2) is 4.39 Å². The summed E-state index contributed by atoms with van der Waals surface area (Å²) in [6.45, 7) is 0.500. The fourth-order valence-corrected chi connectivity index (χ4v) is 2.98. The van der Waals surface area contributed by atoms with E-state index in [9.17, 15) is 14.5 Å². The molecular weight excluding hydrogens is 335 g/mol. The first-order valence-corrected chi connectivity index (χ1v) is 8.15. The highest BCUT2D eigenvalue weighted by atomic mass is 19.1. The number of likely N-dealkylation sites (N-methyl/N-ethyl adjacent to an activating group) is 1. The fraction of sp³-hybridized carbons (Fsp3) is 0.211. The van der Waals surface area contributed by atoms with Gasteiger partial charge in [0.1, 0.15) is 11.3 Å². The van der Waals surface area contributed by atoms with E-state index < -0.39 is 4.92 Å². The molecule has 1 atom stereocenters. The van der Waals surface area contributed by atoms with E-state index in [1.165, 1.54) is 18.2 Å². The Hall–Kier alpha value is -3.06. The van der Waals surface area contributed by atoms with Crippen molar-refractivity contribution in [3.8, 4) is 0 Å². The number of aromatic nitrogens is 1. The van der Waals surface area contributed by atoms with E-state index in [-0.39, 0.29) is 17.5 Å². The highest BCUT2D eigenvalue weighted by molar-refractivity contribution is 5.96. The van der Waals surface area contributed by atoms with E-state index in [1.54, 1.807) is 30.5 Å². The molecule has 7 heteroatoms. The third kappa shape index (κ3) is 3.62. The van der Waals surface area contributed by atoms with Crippen LogP contribution in [0.3, 0.4) is 0 Å². The monoisotopic (exact) mass is 354 g/mol. The van der Waals surface area contributed by atoms with E-state index in [0.717, 1.165) is 5.56 Å². The van der Waals surface area contributed by atoms with E-state index in [0.29, 0.717) is 23.1 Å². The van der Waals surface area contributed by atoms with Crippen LogP contribution in [0.1, 0.15) is 11.6 Å². The molecule has 1 aromatic heterocycles. The van der Waals surface area contributed by atoms with Crippen LogP contribution in [0.5, 0.6) is 0 Å². The second-order valence-corrected chi connectivity index (χ2v) is 6.20. The van der Waals surface area contributed by atoms with E-state index in [2.05, 4.69) is 10.3 Å². The zero-order valence-electron chi connectivity index (χ0n) is 14.5. The van der Waals surface area contributed by atoms with Gasteiger partial charge in [0.2, 0.25) is 0 Å². The van der Waals surface area contributed by atoms with Crippen molar-refractivity contribution in [3.05, 3.63) is 76.2 Å². The fourth-order valence-electron chi connectivity index (χ4n) is 2.98. The molecule has 0 aliphatic carbocycles. The van der Waals surface area contributed by atoms with Crippen molar-refractivity contribution in [2.24, 2.45) is 0 Å². The van der Waals surface area contributed by atoms with Crippen LogP contribution in [0.25, 0.3) is 10.9 Å². The Morgan fingerprint density at radius 2 is 2.04 bits per heavy atom. The molecule has 1 heterocycles. The second-order valence-electron chi connectivity index (χ2n) is 6.20. The summed E-state index contributed by atoms with van der Waals surface area (Å²) in [5, 5.41) is 15.0. The van der Waals surface area contributed by atoms with Crippen molar-refractivity contribution in [1.29, 1.82) is 0 Å². The van der Waals surface area contributed by atoms with Crippen LogP contribution < -0.4 is 5.32 Å².